The number of halogens is 2. The molecule has 23 heavy (non-hydrogen) atoms. The molecule has 1 aromatic carbocycles. The maximum absolute atomic E-state index is 13.2. The largest absolute Gasteiger partial charge is 0.377 e. The van der Waals surface area contributed by atoms with Crippen molar-refractivity contribution >= 4 is 24.0 Å². The highest BCUT2D eigenvalue weighted by Crippen LogP contribution is 2.57. The second-order valence-electron chi connectivity index (χ2n) is 7.04. The number of hydrogen-bond acceptors (Lipinski definition) is 3. The topological polar surface area (TPSA) is 64.4 Å². The van der Waals surface area contributed by atoms with Gasteiger partial charge in [0.15, 0.2) is 0 Å². The number of carbonyl (C=O) groups is 1. The van der Waals surface area contributed by atoms with Crippen molar-refractivity contribution in [3.63, 3.8) is 0 Å². The Morgan fingerprint density at radius 1 is 1.43 bits per heavy atom. The number of amides is 1. The summed E-state index contributed by atoms with van der Waals surface area (Å²) in [4.78, 5) is 12.8. The zero-order valence-electron chi connectivity index (χ0n) is 13.7. The van der Waals surface area contributed by atoms with Crippen LogP contribution in [0.15, 0.2) is 18.2 Å². The van der Waals surface area contributed by atoms with Crippen molar-refractivity contribution in [3.8, 4) is 0 Å². The zero-order valence-corrected chi connectivity index (χ0v) is 14.5. The lowest BCUT2D eigenvalue weighted by molar-refractivity contribution is -0.222. The monoisotopic (exact) mass is 342 g/mol. The number of anilines is 1. The van der Waals surface area contributed by atoms with Crippen molar-refractivity contribution in [1.29, 1.82) is 0 Å². The van der Waals surface area contributed by atoms with E-state index in [4.69, 9.17) is 10.5 Å². The number of ether oxygens (including phenoxy) is 1. The minimum absolute atomic E-state index is 0. The molecule has 3 unspecified atom stereocenters. The number of rotatable bonds is 2. The summed E-state index contributed by atoms with van der Waals surface area (Å²) in [6.07, 6.45) is 1.87. The van der Waals surface area contributed by atoms with Gasteiger partial charge in [0.2, 0.25) is 5.91 Å². The second-order valence-corrected chi connectivity index (χ2v) is 7.04. The number of hydrogen-bond donors (Lipinski definition) is 2. The molecule has 1 saturated carbocycles. The second kappa shape index (κ2) is 6.04. The Balaban J connectivity index is 0.00000192. The Bertz CT molecular complexity index is 623. The number of nitrogens with one attached hydrogen (secondary N) is 1. The average Bonchev–Trinajstić information content (AvgIpc) is 2.49. The van der Waals surface area contributed by atoms with Crippen molar-refractivity contribution in [2.24, 2.45) is 17.1 Å². The fraction of sp³-hybridized carbons (Fsp3) is 0.588. The molecule has 1 heterocycles. The van der Waals surface area contributed by atoms with Crippen LogP contribution in [0.25, 0.3) is 0 Å². The molecule has 0 radical (unpaired) electrons. The van der Waals surface area contributed by atoms with Gasteiger partial charge in [0.05, 0.1) is 6.10 Å². The molecule has 2 fully saturated rings. The summed E-state index contributed by atoms with van der Waals surface area (Å²) in [7, 11) is 0. The number of aryl methyl sites for hydroxylation is 1. The van der Waals surface area contributed by atoms with Crippen molar-refractivity contribution in [2.45, 2.75) is 45.3 Å². The molecule has 3 atom stereocenters. The first-order valence-electron chi connectivity index (χ1n) is 7.76. The van der Waals surface area contributed by atoms with Crippen LogP contribution in [0.4, 0.5) is 10.1 Å². The predicted octanol–water partition coefficient (Wildman–Crippen LogP) is 3.03. The number of benzene rings is 1. The summed E-state index contributed by atoms with van der Waals surface area (Å²) in [6.45, 7) is 6.47. The van der Waals surface area contributed by atoms with E-state index >= 15 is 0 Å². The highest BCUT2D eigenvalue weighted by molar-refractivity contribution is 6.00. The lowest BCUT2D eigenvalue weighted by atomic mass is 9.46. The average molecular weight is 343 g/mol. The van der Waals surface area contributed by atoms with Crippen LogP contribution in [0.2, 0.25) is 0 Å². The van der Waals surface area contributed by atoms with Crippen LogP contribution in [0.3, 0.4) is 0 Å². The summed E-state index contributed by atoms with van der Waals surface area (Å²) < 4.78 is 19.0. The smallest absolute Gasteiger partial charge is 0.245 e. The SMILES string of the molecule is Cc1cc(F)ccc1NC(=O)C1(N)C2CCCOC2C1(C)C.Cl. The zero-order chi connectivity index (χ0) is 16.1. The molecule has 2 aliphatic rings. The van der Waals surface area contributed by atoms with E-state index in [0.29, 0.717) is 11.3 Å². The molecule has 3 rings (SSSR count). The van der Waals surface area contributed by atoms with Gasteiger partial charge in [-0.2, -0.15) is 0 Å². The Morgan fingerprint density at radius 2 is 2.13 bits per heavy atom. The Hall–Kier alpha value is -1.17. The van der Waals surface area contributed by atoms with Crippen molar-refractivity contribution in [2.75, 3.05) is 11.9 Å². The first-order valence-corrected chi connectivity index (χ1v) is 7.76. The van der Waals surface area contributed by atoms with Crippen molar-refractivity contribution in [3.05, 3.63) is 29.6 Å². The van der Waals surface area contributed by atoms with E-state index in [9.17, 15) is 9.18 Å². The maximum Gasteiger partial charge on any atom is 0.245 e. The molecular formula is C17H24ClFN2O2. The molecule has 0 aromatic heterocycles. The van der Waals surface area contributed by atoms with Gasteiger partial charge in [-0.15, -0.1) is 12.4 Å². The maximum atomic E-state index is 13.2. The molecule has 3 N–H and O–H groups in total. The minimum Gasteiger partial charge on any atom is -0.377 e. The lowest BCUT2D eigenvalue weighted by Gasteiger charge is -2.65. The Labute approximate surface area is 142 Å². The molecule has 6 heteroatoms. The molecule has 0 spiro atoms. The van der Waals surface area contributed by atoms with E-state index in [2.05, 4.69) is 5.32 Å². The van der Waals surface area contributed by atoms with E-state index in [1.165, 1.54) is 12.1 Å². The van der Waals surface area contributed by atoms with E-state index in [-0.39, 0.29) is 36.2 Å². The fourth-order valence-electron chi connectivity index (χ4n) is 4.03. The van der Waals surface area contributed by atoms with Gasteiger partial charge >= 0.3 is 0 Å². The third-order valence-corrected chi connectivity index (χ3v) is 5.50. The van der Waals surface area contributed by atoms with Crippen LogP contribution >= 0.6 is 12.4 Å². The van der Waals surface area contributed by atoms with Gasteiger partial charge < -0.3 is 15.8 Å². The third kappa shape index (κ3) is 2.55. The molecular weight excluding hydrogens is 319 g/mol. The third-order valence-electron chi connectivity index (χ3n) is 5.50. The Kier molecular flexibility index (Phi) is 4.77. The highest BCUT2D eigenvalue weighted by Gasteiger charge is 2.70. The van der Waals surface area contributed by atoms with Crippen LogP contribution in [-0.2, 0) is 9.53 Å². The normalized spacial score (nSPS) is 31.3. The number of nitrogens with two attached hydrogens (primary N) is 1. The molecule has 4 nitrogen and oxygen atoms in total. The fourth-order valence-corrected chi connectivity index (χ4v) is 4.03. The minimum atomic E-state index is -0.959. The number of fused-ring (bicyclic) bond motifs is 1. The van der Waals surface area contributed by atoms with Crippen molar-refractivity contribution < 1.29 is 13.9 Å². The van der Waals surface area contributed by atoms with Gasteiger partial charge in [-0.25, -0.2) is 4.39 Å². The van der Waals surface area contributed by atoms with Gasteiger partial charge in [0, 0.05) is 23.6 Å². The molecule has 128 valence electrons. The van der Waals surface area contributed by atoms with Gasteiger partial charge in [-0.3, -0.25) is 4.79 Å². The summed E-state index contributed by atoms with van der Waals surface area (Å²) in [5.74, 6) is -0.487. The summed E-state index contributed by atoms with van der Waals surface area (Å²) in [6, 6.07) is 4.31. The first-order chi connectivity index (χ1) is 10.3. The van der Waals surface area contributed by atoms with Crippen LogP contribution < -0.4 is 11.1 Å². The van der Waals surface area contributed by atoms with E-state index < -0.39 is 11.0 Å². The quantitative estimate of drug-likeness (QED) is 0.868. The molecule has 1 aliphatic carbocycles. The van der Waals surface area contributed by atoms with Gasteiger partial charge in [-0.05, 0) is 43.5 Å². The van der Waals surface area contributed by atoms with Gasteiger partial charge in [0.25, 0.3) is 0 Å². The standard InChI is InChI=1S/C17H23FN2O2.ClH/c1-10-9-11(18)6-7-13(10)20-15(21)17(19)12-5-4-8-22-14(12)16(17,2)3;/h6-7,9,12,14H,4-5,8,19H2,1-3H3,(H,20,21);1H. The van der Waals surface area contributed by atoms with Crippen molar-refractivity contribution in [1.82, 2.24) is 0 Å². The van der Waals surface area contributed by atoms with Crippen LogP contribution in [-0.4, -0.2) is 24.2 Å². The molecule has 1 aromatic rings. The van der Waals surface area contributed by atoms with Gasteiger partial charge in [-0.1, -0.05) is 13.8 Å². The van der Waals surface area contributed by atoms with E-state index in [0.717, 1.165) is 19.4 Å². The lowest BCUT2D eigenvalue weighted by Crippen LogP contribution is -2.81. The highest BCUT2D eigenvalue weighted by atomic mass is 35.5. The van der Waals surface area contributed by atoms with Gasteiger partial charge in [0.1, 0.15) is 11.4 Å². The summed E-state index contributed by atoms with van der Waals surface area (Å²) >= 11 is 0. The molecule has 0 bridgehead atoms. The summed E-state index contributed by atoms with van der Waals surface area (Å²) in [5, 5.41) is 2.88. The summed E-state index contributed by atoms with van der Waals surface area (Å²) in [5.41, 5.74) is 6.45. The van der Waals surface area contributed by atoms with E-state index in [1.807, 2.05) is 13.8 Å². The molecule has 1 aliphatic heterocycles. The number of carbonyl (C=O) groups excluding carboxylic acids is 1. The van der Waals surface area contributed by atoms with Crippen LogP contribution in [0.5, 0.6) is 0 Å². The first kappa shape index (κ1) is 18.2. The van der Waals surface area contributed by atoms with Crippen LogP contribution in [0.1, 0.15) is 32.3 Å². The molecule has 1 saturated heterocycles. The van der Waals surface area contributed by atoms with E-state index in [1.54, 1.807) is 13.0 Å². The van der Waals surface area contributed by atoms with Crippen LogP contribution in [0, 0.1) is 24.1 Å². The predicted molar refractivity (Wildman–Crippen MR) is 90.2 cm³/mol. The molecule has 1 amide bonds. The Morgan fingerprint density at radius 3 is 2.78 bits per heavy atom.